The van der Waals surface area contributed by atoms with Gasteiger partial charge < -0.3 is 0 Å². The van der Waals surface area contributed by atoms with Crippen molar-refractivity contribution >= 4 is 10.0 Å². The molecular formula is C13H21NO2S. The van der Waals surface area contributed by atoms with Crippen LogP contribution in [0.25, 0.3) is 0 Å². The van der Waals surface area contributed by atoms with Gasteiger partial charge in [-0.05, 0) is 24.0 Å². The Kier molecular flexibility index (Phi) is 5.65. The summed E-state index contributed by atoms with van der Waals surface area (Å²) in [6.07, 6.45) is 2.61. The summed E-state index contributed by atoms with van der Waals surface area (Å²) in [5.74, 6) is 0.219. The molecule has 0 aromatic heterocycles. The number of rotatable bonds is 7. The van der Waals surface area contributed by atoms with Crippen LogP contribution in [0.2, 0.25) is 0 Å². The summed E-state index contributed by atoms with van der Waals surface area (Å²) in [6.45, 7) is 4.47. The third-order valence-corrected chi connectivity index (χ3v) is 4.10. The fourth-order valence-corrected chi connectivity index (χ4v) is 2.69. The summed E-state index contributed by atoms with van der Waals surface area (Å²) in [7, 11) is -3.11. The molecule has 0 saturated carbocycles. The molecule has 1 aromatic carbocycles. The maximum absolute atomic E-state index is 11.6. The second-order valence-corrected chi connectivity index (χ2v) is 6.09. The number of unbranched alkanes of at least 4 members (excludes halogenated alkanes) is 1. The molecule has 3 nitrogen and oxygen atoms in total. The van der Waals surface area contributed by atoms with E-state index in [0.717, 1.165) is 18.4 Å². The summed E-state index contributed by atoms with van der Waals surface area (Å²) in [4.78, 5) is 0. The minimum atomic E-state index is -3.11. The highest BCUT2D eigenvalue weighted by Crippen LogP contribution is 2.05. The quantitative estimate of drug-likeness (QED) is 0.813. The summed E-state index contributed by atoms with van der Waals surface area (Å²) in [5, 5.41) is 0. The summed E-state index contributed by atoms with van der Waals surface area (Å²) < 4.78 is 25.8. The average molecular weight is 255 g/mol. The van der Waals surface area contributed by atoms with Gasteiger partial charge in [-0.3, -0.25) is 0 Å². The van der Waals surface area contributed by atoms with Crippen LogP contribution < -0.4 is 4.72 Å². The van der Waals surface area contributed by atoms with E-state index in [1.807, 2.05) is 31.2 Å². The van der Waals surface area contributed by atoms with Crippen molar-refractivity contribution in [3.63, 3.8) is 0 Å². The van der Waals surface area contributed by atoms with Crippen LogP contribution in [-0.4, -0.2) is 14.2 Å². The standard InChI is InChI=1S/C13H21NO2S/c1-3-5-10-17(15,16)14-11-13-8-6-12(4-2)7-9-13/h6-9,14H,3-5,10-11H2,1-2H3. The van der Waals surface area contributed by atoms with E-state index in [-0.39, 0.29) is 5.75 Å². The van der Waals surface area contributed by atoms with E-state index in [4.69, 9.17) is 0 Å². The number of nitrogens with one attached hydrogen (secondary N) is 1. The first-order chi connectivity index (χ1) is 8.07. The van der Waals surface area contributed by atoms with Crippen molar-refractivity contribution in [2.45, 2.75) is 39.7 Å². The second-order valence-electron chi connectivity index (χ2n) is 4.16. The van der Waals surface area contributed by atoms with Gasteiger partial charge in [0.15, 0.2) is 0 Å². The van der Waals surface area contributed by atoms with Crippen LogP contribution in [0.4, 0.5) is 0 Å². The maximum Gasteiger partial charge on any atom is 0.211 e. The van der Waals surface area contributed by atoms with E-state index in [9.17, 15) is 8.42 Å². The van der Waals surface area contributed by atoms with E-state index in [0.29, 0.717) is 13.0 Å². The number of aryl methyl sites for hydroxylation is 1. The fourth-order valence-electron chi connectivity index (χ4n) is 1.49. The first kappa shape index (κ1) is 14.2. The Morgan fingerprint density at radius 2 is 1.65 bits per heavy atom. The molecule has 0 radical (unpaired) electrons. The third-order valence-electron chi connectivity index (χ3n) is 2.69. The molecule has 1 N–H and O–H groups in total. The molecule has 0 heterocycles. The molecule has 0 aliphatic rings. The molecule has 0 aliphatic heterocycles. The van der Waals surface area contributed by atoms with Crippen molar-refractivity contribution in [2.24, 2.45) is 0 Å². The third kappa shape index (κ3) is 5.33. The SMILES string of the molecule is CCCCS(=O)(=O)NCc1ccc(CC)cc1. The first-order valence-corrected chi connectivity index (χ1v) is 7.77. The predicted molar refractivity (Wildman–Crippen MR) is 71.4 cm³/mol. The van der Waals surface area contributed by atoms with E-state index in [2.05, 4.69) is 11.6 Å². The van der Waals surface area contributed by atoms with Crippen LogP contribution in [0.1, 0.15) is 37.8 Å². The Labute approximate surface area is 104 Å². The van der Waals surface area contributed by atoms with Gasteiger partial charge in [-0.15, -0.1) is 0 Å². The first-order valence-electron chi connectivity index (χ1n) is 6.12. The number of sulfonamides is 1. The van der Waals surface area contributed by atoms with Crippen molar-refractivity contribution in [3.8, 4) is 0 Å². The highest BCUT2D eigenvalue weighted by Gasteiger charge is 2.08. The van der Waals surface area contributed by atoms with E-state index in [1.54, 1.807) is 0 Å². The van der Waals surface area contributed by atoms with Crippen LogP contribution >= 0.6 is 0 Å². The zero-order valence-corrected chi connectivity index (χ0v) is 11.4. The van der Waals surface area contributed by atoms with Gasteiger partial charge in [0.2, 0.25) is 10.0 Å². The molecule has 1 rings (SSSR count). The summed E-state index contributed by atoms with van der Waals surface area (Å²) >= 11 is 0. The largest absolute Gasteiger partial charge is 0.212 e. The van der Waals surface area contributed by atoms with Crippen LogP contribution in [0.15, 0.2) is 24.3 Å². The zero-order valence-electron chi connectivity index (χ0n) is 10.6. The minimum Gasteiger partial charge on any atom is -0.212 e. The van der Waals surface area contributed by atoms with Crippen molar-refractivity contribution in [3.05, 3.63) is 35.4 Å². The molecule has 17 heavy (non-hydrogen) atoms. The second kappa shape index (κ2) is 6.77. The number of benzene rings is 1. The van der Waals surface area contributed by atoms with Crippen LogP contribution in [-0.2, 0) is 23.0 Å². The Morgan fingerprint density at radius 3 is 2.18 bits per heavy atom. The van der Waals surface area contributed by atoms with Crippen molar-refractivity contribution in [1.29, 1.82) is 0 Å². The highest BCUT2D eigenvalue weighted by atomic mass is 32.2. The lowest BCUT2D eigenvalue weighted by Gasteiger charge is -2.06. The van der Waals surface area contributed by atoms with E-state index >= 15 is 0 Å². The predicted octanol–water partition coefficient (Wildman–Crippen LogP) is 2.47. The monoisotopic (exact) mass is 255 g/mol. The molecule has 4 heteroatoms. The molecule has 0 spiro atoms. The van der Waals surface area contributed by atoms with Gasteiger partial charge in [0, 0.05) is 6.54 Å². The minimum absolute atomic E-state index is 0.219. The average Bonchev–Trinajstić information content (AvgIpc) is 2.35. The van der Waals surface area contributed by atoms with Gasteiger partial charge >= 0.3 is 0 Å². The molecule has 0 aliphatic carbocycles. The molecule has 1 aromatic rings. The molecule has 0 unspecified atom stereocenters. The van der Waals surface area contributed by atoms with Gasteiger partial charge in [-0.25, -0.2) is 13.1 Å². The summed E-state index contributed by atoms with van der Waals surface area (Å²) in [6, 6.07) is 8.02. The molecule has 0 bridgehead atoms. The lowest BCUT2D eigenvalue weighted by atomic mass is 10.1. The van der Waals surface area contributed by atoms with Gasteiger partial charge in [-0.1, -0.05) is 44.5 Å². The Hall–Kier alpha value is -0.870. The van der Waals surface area contributed by atoms with E-state index in [1.165, 1.54) is 5.56 Å². The normalized spacial score (nSPS) is 11.6. The van der Waals surface area contributed by atoms with Crippen LogP contribution in [0.3, 0.4) is 0 Å². The van der Waals surface area contributed by atoms with Gasteiger partial charge in [0.05, 0.1) is 5.75 Å². The topological polar surface area (TPSA) is 46.2 Å². The van der Waals surface area contributed by atoms with Gasteiger partial charge in [0.25, 0.3) is 0 Å². The van der Waals surface area contributed by atoms with E-state index < -0.39 is 10.0 Å². The number of hydrogen-bond donors (Lipinski definition) is 1. The van der Waals surface area contributed by atoms with Crippen LogP contribution in [0.5, 0.6) is 0 Å². The zero-order chi connectivity index (χ0) is 12.7. The molecule has 0 amide bonds. The van der Waals surface area contributed by atoms with Crippen molar-refractivity contribution in [1.82, 2.24) is 4.72 Å². The molecular weight excluding hydrogens is 234 g/mol. The maximum atomic E-state index is 11.6. The lowest BCUT2D eigenvalue weighted by molar-refractivity contribution is 0.578. The summed E-state index contributed by atoms with van der Waals surface area (Å²) in [5.41, 5.74) is 2.27. The fraction of sp³-hybridized carbons (Fsp3) is 0.538. The highest BCUT2D eigenvalue weighted by molar-refractivity contribution is 7.89. The Balaban J connectivity index is 2.49. The van der Waals surface area contributed by atoms with Crippen LogP contribution in [0, 0.1) is 0 Å². The van der Waals surface area contributed by atoms with Gasteiger partial charge in [-0.2, -0.15) is 0 Å². The lowest BCUT2D eigenvalue weighted by Crippen LogP contribution is -2.25. The smallest absolute Gasteiger partial charge is 0.211 e. The Bertz CT molecular complexity index is 423. The molecule has 96 valence electrons. The van der Waals surface area contributed by atoms with Crippen molar-refractivity contribution < 1.29 is 8.42 Å². The molecule has 0 fully saturated rings. The molecule has 0 saturated heterocycles. The van der Waals surface area contributed by atoms with Gasteiger partial charge in [0.1, 0.15) is 0 Å². The Morgan fingerprint density at radius 1 is 1.06 bits per heavy atom. The molecule has 0 atom stereocenters. The van der Waals surface area contributed by atoms with Crippen molar-refractivity contribution in [2.75, 3.05) is 5.75 Å². The number of hydrogen-bond acceptors (Lipinski definition) is 2.